The van der Waals surface area contributed by atoms with Crippen LogP contribution in [0.2, 0.25) is 0 Å². The van der Waals surface area contributed by atoms with Crippen LogP contribution in [0.5, 0.6) is 5.75 Å². The van der Waals surface area contributed by atoms with E-state index in [1.807, 2.05) is 0 Å². The first kappa shape index (κ1) is 19.7. The molecule has 2 aliphatic rings. The number of thiophene rings is 1. The van der Waals surface area contributed by atoms with Crippen molar-refractivity contribution in [1.82, 2.24) is 0 Å². The van der Waals surface area contributed by atoms with Gasteiger partial charge < -0.3 is 4.74 Å². The molecule has 4 rings (SSSR count). The van der Waals surface area contributed by atoms with Crippen LogP contribution < -0.4 is 4.74 Å². The molecule has 0 aliphatic heterocycles. The molecule has 1 aromatic carbocycles. The van der Waals surface area contributed by atoms with Gasteiger partial charge in [-0.3, -0.25) is 4.79 Å². The third-order valence-electron chi connectivity index (χ3n) is 6.88. The predicted molar refractivity (Wildman–Crippen MR) is 117 cm³/mol. The fraction of sp³-hybridized carbons (Fsp3) is 0.560. The fourth-order valence-corrected chi connectivity index (χ4v) is 6.54. The number of rotatable bonds is 7. The van der Waals surface area contributed by atoms with Crippen LogP contribution in [0.15, 0.2) is 12.1 Å². The van der Waals surface area contributed by atoms with E-state index in [4.69, 9.17) is 4.74 Å². The van der Waals surface area contributed by atoms with Gasteiger partial charge in [-0.2, -0.15) is 0 Å². The number of Topliss-reactive ketones (excluding diaryl/α,β-unsaturated/α-hetero) is 1. The van der Waals surface area contributed by atoms with Crippen molar-refractivity contribution in [3.8, 4) is 5.75 Å². The highest BCUT2D eigenvalue weighted by Gasteiger charge is 2.63. The van der Waals surface area contributed by atoms with Gasteiger partial charge in [0.15, 0.2) is 5.78 Å². The lowest BCUT2D eigenvalue weighted by atomic mass is 9.93. The van der Waals surface area contributed by atoms with Gasteiger partial charge in [-0.05, 0) is 85.1 Å². The van der Waals surface area contributed by atoms with Crippen LogP contribution in [0, 0.1) is 32.1 Å². The van der Waals surface area contributed by atoms with E-state index in [2.05, 4.69) is 53.7 Å². The van der Waals surface area contributed by atoms with Crippen LogP contribution >= 0.6 is 11.3 Å². The van der Waals surface area contributed by atoms with Crippen LogP contribution in [-0.2, 0) is 12.8 Å². The first-order valence-electron chi connectivity index (χ1n) is 10.6. The van der Waals surface area contributed by atoms with Gasteiger partial charge in [0.25, 0.3) is 0 Å². The molecule has 150 valence electrons. The lowest BCUT2D eigenvalue weighted by Gasteiger charge is -2.13. The third kappa shape index (κ3) is 3.12. The number of benzene rings is 1. The van der Waals surface area contributed by atoms with Gasteiger partial charge in [0.05, 0.1) is 11.5 Å². The monoisotopic (exact) mass is 396 g/mol. The highest BCUT2D eigenvalue weighted by Crippen LogP contribution is 2.71. The van der Waals surface area contributed by atoms with Crippen molar-refractivity contribution in [1.29, 1.82) is 0 Å². The summed E-state index contributed by atoms with van der Waals surface area (Å²) in [5, 5.41) is 0. The zero-order chi connectivity index (χ0) is 20.2. The lowest BCUT2D eigenvalue weighted by Crippen LogP contribution is -2.06. The lowest BCUT2D eigenvalue weighted by molar-refractivity contribution is 0.0985. The second-order valence-corrected chi connectivity index (χ2v) is 10.5. The molecule has 1 heterocycles. The molecule has 1 saturated carbocycles. The standard InChI is InChI=1S/C25H32O2S/c1-7-10-27-23-14(2)11-17(12-15(23)3)8-9-20(26)24-18-13-19-22(25(19,5)6)21(18)16(4)28-24/h11-12,19,22H,7-10,13H2,1-6H3/t19-,22-/m1/s1. The number of carbonyl (C=O) groups is 1. The molecule has 0 radical (unpaired) electrons. The van der Waals surface area contributed by atoms with Crippen molar-refractivity contribution < 1.29 is 9.53 Å². The summed E-state index contributed by atoms with van der Waals surface area (Å²) in [6.45, 7) is 14.0. The number of carbonyl (C=O) groups excluding carboxylic acids is 1. The largest absolute Gasteiger partial charge is 0.493 e. The summed E-state index contributed by atoms with van der Waals surface area (Å²) in [6, 6.07) is 4.38. The number of hydrogen-bond donors (Lipinski definition) is 0. The van der Waals surface area contributed by atoms with Gasteiger partial charge in [-0.1, -0.05) is 32.9 Å². The Kier molecular flexibility index (Phi) is 4.94. The van der Waals surface area contributed by atoms with Gasteiger partial charge >= 0.3 is 0 Å². The molecule has 2 nitrogen and oxygen atoms in total. The number of hydrogen-bond acceptors (Lipinski definition) is 3. The topological polar surface area (TPSA) is 26.3 Å². The van der Waals surface area contributed by atoms with E-state index < -0.39 is 0 Å². The van der Waals surface area contributed by atoms with Crippen molar-refractivity contribution in [2.75, 3.05) is 6.61 Å². The first-order valence-corrected chi connectivity index (χ1v) is 11.5. The Morgan fingerprint density at radius 2 is 1.89 bits per heavy atom. The Morgan fingerprint density at radius 3 is 2.54 bits per heavy atom. The van der Waals surface area contributed by atoms with Crippen LogP contribution in [0.25, 0.3) is 0 Å². The summed E-state index contributed by atoms with van der Waals surface area (Å²) in [5.74, 6) is 2.79. The van der Waals surface area contributed by atoms with Gasteiger partial charge in [0.2, 0.25) is 0 Å². The Balaban J connectivity index is 1.47. The second kappa shape index (κ2) is 7.02. The number of ether oxygens (including phenoxy) is 1. The van der Waals surface area contributed by atoms with E-state index in [0.717, 1.165) is 42.4 Å². The van der Waals surface area contributed by atoms with Crippen molar-refractivity contribution >= 4 is 17.1 Å². The van der Waals surface area contributed by atoms with E-state index in [1.54, 1.807) is 11.3 Å². The van der Waals surface area contributed by atoms with E-state index in [0.29, 0.717) is 23.5 Å². The SMILES string of the molecule is CCCOc1c(C)cc(CCC(=O)c2sc(C)c3c2C[C@@H]2[C@H]3C2(C)C)cc1C. The van der Waals surface area contributed by atoms with Crippen molar-refractivity contribution in [2.24, 2.45) is 11.3 Å². The maximum absolute atomic E-state index is 13.0. The number of aryl methyl sites for hydroxylation is 4. The Hall–Kier alpha value is -1.61. The highest BCUT2D eigenvalue weighted by atomic mass is 32.1. The van der Waals surface area contributed by atoms with Crippen molar-refractivity contribution in [2.45, 2.75) is 73.1 Å². The molecule has 2 aromatic rings. The minimum atomic E-state index is 0.329. The smallest absolute Gasteiger partial charge is 0.173 e. The summed E-state index contributed by atoms with van der Waals surface area (Å²) in [7, 11) is 0. The molecule has 1 aromatic heterocycles. The minimum absolute atomic E-state index is 0.329. The first-order chi connectivity index (χ1) is 13.3. The predicted octanol–water partition coefficient (Wildman–Crippen LogP) is 6.57. The maximum atomic E-state index is 13.0. The van der Waals surface area contributed by atoms with Gasteiger partial charge in [-0.25, -0.2) is 0 Å². The summed E-state index contributed by atoms with van der Waals surface area (Å²) >= 11 is 1.74. The van der Waals surface area contributed by atoms with E-state index in [1.165, 1.54) is 32.7 Å². The Bertz CT molecular complexity index is 911. The number of fused-ring (bicyclic) bond motifs is 3. The van der Waals surface area contributed by atoms with Crippen LogP contribution in [0.3, 0.4) is 0 Å². The number of ketones is 1. The summed E-state index contributed by atoms with van der Waals surface area (Å²) in [5.41, 5.74) is 6.93. The molecule has 2 atom stereocenters. The molecule has 0 bridgehead atoms. The van der Waals surface area contributed by atoms with Gasteiger partial charge in [0.1, 0.15) is 5.75 Å². The van der Waals surface area contributed by atoms with Gasteiger partial charge in [0, 0.05) is 11.3 Å². The molecule has 1 fully saturated rings. The Morgan fingerprint density at radius 1 is 1.21 bits per heavy atom. The molecule has 0 unspecified atom stereocenters. The summed E-state index contributed by atoms with van der Waals surface area (Å²) < 4.78 is 5.89. The van der Waals surface area contributed by atoms with Gasteiger partial charge in [-0.15, -0.1) is 11.3 Å². The van der Waals surface area contributed by atoms with Crippen LogP contribution in [-0.4, -0.2) is 12.4 Å². The molecule has 2 aliphatic carbocycles. The molecule has 3 heteroatoms. The normalized spacial score (nSPS) is 21.4. The van der Waals surface area contributed by atoms with Crippen LogP contribution in [0.4, 0.5) is 0 Å². The third-order valence-corrected chi connectivity index (χ3v) is 8.09. The van der Waals surface area contributed by atoms with Crippen LogP contribution in [0.1, 0.15) is 81.9 Å². The molecule has 0 saturated heterocycles. The van der Waals surface area contributed by atoms with E-state index >= 15 is 0 Å². The van der Waals surface area contributed by atoms with Crippen molar-refractivity contribution in [3.05, 3.63) is 49.7 Å². The quantitative estimate of drug-likeness (QED) is 0.495. The van der Waals surface area contributed by atoms with E-state index in [9.17, 15) is 4.79 Å². The molecular formula is C25H32O2S. The van der Waals surface area contributed by atoms with Crippen molar-refractivity contribution in [3.63, 3.8) is 0 Å². The average Bonchev–Trinajstić information content (AvgIpc) is 2.96. The summed E-state index contributed by atoms with van der Waals surface area (Å²) in [4.78, 5) is 15.5. The average molecular weight is 397 g/mol. The zero-order valence-corrected chi connectivity index (χ0v) is 18.9. The minimum Gasteiger partial charge on any atom is -0.493 e. The molecule has 0 spiro atoms. The zero-order valence-electron chi connectivity index (χ0n) is 18.1. The molecule has 28 heavy (non-hydrogen) atoms. The molecular weight excluding hydrogens is 364 g/mol. The maximum Gasteiger partial charge on any atom is 0.173 e. The summed E-state index contributed by atoms with van der Waals surface area (Å²) in [6.07, 6.45) is 3.52. The van der Waals surface area contributed by atoms with E-state index in [-0.39, 0.29) is 0 Å². The highest BCUT2D eigenvalue weighted by molar-refractivity contribution is 7.14. The Labute approximate surface area is 173 Å². The fourth-order valence-electron chi connectivity index (χ4n) is 5.34. The molecule has 0 amide bonds. The second-order valence-electron chi connectivity index (χ2n) is 9.32. The molecule has 0 N–H and O–H groups in total.